The van der Waals surface area contributed by atoms with Crippen molar-refractivity contribution in [2.75, 3.05) is 0 Å². The van der Waals surface area contributed by atoms with Crippen molar-refractivity contribution in [2.45, 2.75) is 13.3 Å². The predicted molar refractivity (Wildman–Crippen MR) is 75.7 cm³/mol. The Kier molecular flexibility index (Phi) is 4.05. The summed E-state index contributed by atoms with van der Waals surface area (Å²) in [6, 6.07) is 12.6. The Hall–Kier alpha value is -1.31. The van der Waals surface area contributed by atoms with Gasteiger partial charge in [-0.3, -0.25) is 4.79 Å². The highest BCUT2D eigenvalue weighted by molar-refractivity contribution is 6.42. The van der Waals surface area contributed by atoms with Crippen molar-refractivity contribution >= 4 is 29.0 Å². The molecule has 2 aromatic carbocycles. The summed E-state index contributed by atoms with van der Waals surface area (Å²) in [5.41, 5.74) is 2.32. The second kappa shape index (κ2) is 5.55. The quantitative estimate of drug-likeness (QED) is 0.738. The third-order valence-corrected chi connectivity index (χ3v) is 3.56. The highest BCUT2D eigenvalue weighted by Gasteiger charge is 2.13. The maximum Gasteiger partial charge on any atom is 0.193 e. The van der Waals surface area contributed by atoms with E-state index in [1.807, 2.05) is 31.2 Å². The van der Waals surface area contributed by atoms with Crippen molar-refractivity contribution in [3.63, 3.8) is 0 Å². The molecule has 0 aliphatic carbocycles. The smallest absolute Gasteiger partial charge is 0.193 e. The standard InChI is InChI=1S/C15H12Cl2O/c1-2-10-5-3-4-6-12(10)15(18)11-7-8-13(16)14(17)9-11/h3-9H,2H2,1H3. The molecule has 92 valence electrons. The Morgan fingerprint density at radius 1 is 1.06 bits per heavy atom. The van der Waals surface area contributed by atoms with Crippen LogP contribution in [-0.2, 0) is 6.42 Å². The molecule has 0 aliphatic rings. The molecule has 0 unspecified atom stereocenters. The molecule has 0 aliphatic heterocycles. The van der Waals surface area contributed by atoms with E-state index < -0.39 is 0 Å². The molecule has 1 nitrogen and oxygen atoms in total. The van der Waals surface area contributed by atoms with Gasteiger partial charge in [0.1, 0.15) is 0 Å². The normalized spacial score (nSPS) is 10.4. The summed E-state index contributed by atoms with van der Waals surface area (Å²) in [5.74, 6) is -0.0222. The molecule has 0 saturated carbocycles. The Morgan fingerprint density at radius 2 is 1.78 bits per heavy atom. The van der Waals surface area contributed by atoms with Crippen molar-refractivity contribution < 1.29 is 4.79 Å². The molecule has 0 N–H and O–H groups in total. The fraction of sp³-hybridized carbons (Fsp3) is 0.133. The first-order chi connectivity index (χ1) is 8.63. The lowest BCUT2D eigenvalue weighted by Crippen LogP contribution is -2.04. The summed E-state index contributed by atoms with van der Waals surface area (Å²) < 4.78 is 0. The van der Waals surface area contributed by atoms with Crippen molar-refractivity contribution in [2.24, 2.45) is 0 Å². The highest BCUT2D eigenvalue weighted by Crippen LogP contribution is 2.24. The monoisotopic (exact) mass is 278 g/mol. The van der Waals surface area contributed by atoms with Gasteiger partial charge in [0.05, 0.1) is 10.0 Å². The van der Waals surface area contributed by atoms with E-state index in [2.05, 4.69) is 0 Å². The minimum Gasteiger partial charge on any atom is -0.289 e. The van der Waals surface area contributed by atoms with Gasteiger partial charge in [0, 0.05) is 11.1 Å². The number of carbonyl (C=O) groups is 1. The van der Waals surface area contributed by atoms with Gasteiger partial charge in [0.25, 0.3) is 0 Å². The molecular formula is C15H12Cl2O. The Balaban J connectivity index is 2.44. The highest BCUT2D eigenvalue weighted by atomic mass is 35.5. The van der Waals surface area contributed by atoms with Gasteiger partial charge in [-0.15, -0.1) is 0 Å². The van der Waals surface area contributed by atoms with Gasteiger partial charge in [-0.1, -0.05) is 54.4 Å². The summed E-state index contributed by atoms with van der Waals surface area (Å²) in [5, 5.41) is 0.855. The van der Waals surface area contributed by atoms with Gasteiger partial charge in [-0.2, -0.15) is 0 Å². The lowest BCUT2D eigenvalue weighted by Gasteiger charge is -2.07. The molecule has 0 bridgehead atoms. The minimum absolute atomic E-state index is 0.0222. The lowest BCUT2D eigenvalue weighted by molar-refractivity contribution is 0.103. The number of hydrogen-bond donors (Lipinski definition) is 0. The molecule has 0 heterocycles. The van der Waals surface area contributed by atoms with Crippen LogP contribution in [0.2, 0.25) is 10.0 Å². The maximum absolute atomic E-state index is 12.4. The molecule has 0 saturated heterocycles. The topological polar surface area (TPSA) is 17.1 Å². The van der Waals surface area contributed by atoms with Gasteiger partial charge < -0.3 is 0 Å². The largest absolute Gasteiger partial charge is 0.289 e. The van der Waals surface area contributed by atoms with E-state index in [-0.39, 0.29) is 5.78 Å². The first kappa shape index (κ1) is 13.1. The van der Waals surface area contributed by atoms with Crippen LogP contribution in [-0.4, -0.2) is 5.78 Å². The summed E-state index contributed by atoms with van der Waals surface area (Å²) in [4.78, 5) is 12.4. The average Bonchev–Trinajstić information content (AvgIpc) is 2.41. The number of carbonyl (C=O) groups excluding carboxylic acids is 1. The summed E-state index contributed by atoms with van der Waals surface area (Å²) in [6.07, 6.45) is 0.823. The summed E-state index contributed by atoms with van der Waals surface area (Å²) in [6.45, 7) is 2.03. The van der Waals surface area contributed by atoms with Crippen molar-refractivity contribution in [1.82, 2.24) is 0 Å². The number of hydrogen-bond acceptors (Lipinski definition) is 1. The number of aryl methyl sites for hydroxylation is 1. The van der Waals surface area contributed by atoms with Crippen LogP contribution < -0.4 is 0 Å². The Bertz CT molecular complexity index is 591. The van der Waals surface area contributed by atoms with Crippen molar-refractivity contribution in [3.05, 3.63) is 69.2 Å². The van der Waals surface area contributed by atoms with Gasteiger partial charge in [-0.05, 0) is 30.2 Å². The molecule has 0 aromatic heterocycles. The van der Waals surface area contributed by atoms with Gasteiger partial charge in [0.2, 0.25) is 0 Å². The summed E-state index contributed by atoms with van der Waals surface area (Å²) in [7, 11) is 0. The molecule has 0 amide bonds. The van der Waals surface area contributed by atoms with E-state index in [1.165, 1.54) is 0 Å². The van der Waals surface area contributed by atoms with Crippen LogP contribution in [0, 0.1) is 0 Å². The third kappa shape index (κ3) is 2.58. The maximum atomic E-state index is 12.4. The first-order valence-electron chi connectivity index (χ1n) is 5.71. The number of rotatable bonds is 3. The van der Waals surface area contributed by atoms with Gasteiger partial charge in [0.15, 0.2) is 5.78 Å². The molecular weight excluding hydrogens is 267 g/mol. The zero-order valence-electron chi connectivity index (χ0n) is 9.91. The molecule has 3 heteroatoms. The molecule has 2 aromatic rings. The molecule has 2 rings (SSSR count). The predicted octanol–water partition coefficient (Wildman–Crippen LogP) is 4.79. The Morgan fingerprint density at radius 3 is 2.44 bits per heavy atom. The van der Waals surface area contributed by atoms with E-state index in [0.717, 1.165) is 17.5 Å². The van der Waals surface area contributed by atoms with E-state index in [0.29, 0.717) is 15.6 Å². The van der Waals surface area contributed by atoms with Crippen LogP contribution in [0.1, 0.15) is 28.4 Å². The van der Waals surface area contributed by atoms with Crippen LogP contribution in [0.15, 0.2) is 42.5 Å². The second-order valence-corrected chi connectivity index (χ2v) is 4.78. The molecule has 0 spiro atoms. The van der Waals surface area contributed by atoms with E-state index >= 15 is 0 Å². The van der Waals surface area contributed by atoms with Crippen LogP contribution in [0.3, 0.4) is 0 Å². The van der Waals surface area contributed by atoms with Crippen molar-refractivity contribution in [1.29, 1.82) is 0 Å². The fourth-order valence-electron chi connectivity index (χ4n) is 1.84. The van der Waals surface area contributed by atoms with E-state index in [4.69, 9.17) is 23.2 Å². The molecule has 18 heavy (non-hydrogen) atoms. The van der Waals surface area contributed by atoms with Gasteiger partial charge >= 0.3 is 0 Å². The second-order valence-electron chi connectivity index (χ2n) is 3.97. The number of halogens is 2. The van der Waals surface area contributed by atoms with Crippen LogP contribution in [0.25, 0.3) is 0 Å². The van der Waals surface area contributed by atoms with Gasteiger partial charge in [-0.25, -0.2) is 0 Å². The van der Waals surface area contributed by atoms with Crippen LogP contribution in [0.5, 0.6) is 0 Å². The molecule has 0 atom stereocenters. The lowest BCUT2D eigenvalue weighted by atomic mass is 9.97. The molecule has 0 fully saturated rings. The minimum atomic E-state index is -0.0222. The average molecular weight is 279 g/mol. The van der Waals surface area contributed by atoms with E-state index in [9.17, 15) is 4.79 Å². The fourth-order valence-corrected chi connectivity index (χ4v) is 2.14. The number of benzene rings is 2. The Labute approximate surface area is 116 Å². The third-order valence-electron chi connectivity index (χ3n) is 2.82. The van der Waals surface area contributed by atoms with Crippen LogP contribution in [0.4, 0.5) is 0 Å². The zero-order chi connectivity index (χ0) is 13.1. The van der Waals surface area contributed by atoms with Crippen LogP contribution >= 0.6 is 23.2 Å². The van der Waals surface area contributed by atoms with Crippen molar-refractivity contribution in [3.8, 4) is 0 Å². The molecule has 0 radical (unpaired) electrons. The summed E-state index contributed by atoms with van der Waals surface area (Å²) >= 11 is 11.8. The van der Waals surface area contributed by atoms with E-state index in [1.54, 1.807) is 18.2 Å². The number of ketones is 1. The SMILES string of the molecule is CCc1ccccc1C(=O)c1ccc(Cl)c(Cl)c1. The zero-order valence-corrected chi connectivity index (χ0v) is 11.4. The first-order valence-corrected chi connectivity index (χ1v) is 6.46.